The Labute approximate surface area is 161 Å². The second kappa shape index (κ2) is 7.74. The van der Waals surface area contributed by atoms with Crippen molar-refractivity contribution < 1.29 is 23.7 Å². The Morgan fingerprint density at radius 2 is 2.26 bits per heavy atom. The molecule has 7 nitrogen and oxygen atoms in total. The first kappa shape index (κ1) is 18.1. The molecule has 2 aromatic rings. The number of methoxy groups -OCH3 is 1. The molecule has 0 N–H and O–H groups in total. The Bertz CT molecular complexity index is 872. The maximum atomic E-state index is 13.1. The third kappa shape index (κ3) is 3.59. The van der Waals surface area contributed by atoms with Gasteiger partial charge in [-0.1, -0.05) is 17.4 Å². The smallest absolute Gasteiger partial charge is 0.298 e. The number of carbonyl (C=O) groups is 1. The summed E-state index contributed by atoms with van der Waals surface area (Å²) >= 11 is 1.47. The van der Waals surface area contributed by atoms with Crippen LogP contribution in [0.15, 0.2) is 24.2 Å². The van der Waals surface area contributed by atoms with Gasteiger partial charge in [-0.05, 0) is 31.4 Å². The number of amides is 1. The summed E-state index contributed by atoms with van der Waals surface area (Å²) in [5, 5.41) is 0.605. The number of nitrogens with zero attached hydrogens (tertiary/aromatic N) is 2. The molecule has 0 radical (unpaired) electrons. The number of benzene rings is 1. The van der Waals surface area contributed by atoms with E-state index in [4.69, 9.17) is 23.9 Å². The summed E-state index contributed by atoms with van der Waals surface area (Å²) in [5.74, 6) is 0.627. The highest BCUT2D eigenvalue weighted by atomic mass is 32.1. The van der Waals surface area contributed by atoms with Gasteiger partial charge in [0.15, 0.2) is 5.13 Å². The Morgan fingerprint density at radius 1 is 1.37 bits per heavy atom. The van der Waals surface area contributed by atoms with Crippen LogP contribution in [0, 0.1) is 6.92 Å². The Morgan fingerprint density at radius 3 is 2.96 bits per heavy atom. The van der Waals surface area contributed by atoms with Crippen LogP contribution >= 0.6 is 11.3 Å². The van der Waals surface area contributed by atoms with Gasteiger partial charge in [-0.3, -0.25) is 9.69 Å². The second-order valence-electron chi connectivity index (χ2n) is 6.51. The molecule has 144 valence electrons. The third-order valence-corrected chi connectivity index (χ3v) is 5.87. The van der Waals surface area contributed by atoms with Crippen LogP contribution in [0.1, 0.15) is 18.4 Å². The number of fused-ring (bicyclic) bond motifs is 1. The quantitative estimate of drug-likeness (QED) is 0.782. The van der Waals surface area contributed by atoms with E-state index in [0.717, 1.165) is 35.2 Å². The lowest BCUT2D eigenvalue weighted by molar-refractivity contribution is -0.120. The highest BCUT2D eigenvalue weighted by Gasteiger charge is 2.30. The molecule has 1 saturated heterocycles. The summed E-state index contributed by atoms with van der Waals surface area (Å²) in [6.45, 7) is 3.98. The van der Waals surface area contributed by atoms with E-state index in [2.05, 4.69) is 0 Å². The molecule has 1 aromatic heterocycles. The average molecular weight is 390 g/mol. The molecule has 27 heavy (non-hydrogen) atoms. The fourth-order valence-electron chi connectivity index (χ4n) is 3.23. The van der Waals surface area contributed by atoms with E-state index in [1.54, 1.807) is 12.0 Å². The Balaban J connectivity index is 1.73. The van der Waals surface area contributed by atoms with E-state index in [1.165, 1.54) is 17.6 Å². The molecule has 0 bridgehead atoms. The van der Waals surface area contributed by atoms with Crippen molar-refractivity contribution in [1.29, 1.82) is 0 Å². The van der Waals surface area contributed by atoms with Crippen molar-refractivity contribution in [3.63, 3.8) is 0 Å². The molecule has 1 unspecified atom stereocenters. The van der Waals surface area contributed by atoms with Gasteiger partial charge in [-0.15, -0.1) is 0 Å². The lowest BCUT2D eigenvalue weighted by atomic mass is 10.2. The number of hydrogen-bond donors (Lipinski definition) is 0. The van der Waals surface area contributed by atoms with Gasteiger partial charge in [-0.25, -0.2) is 4.98 Å². The van der Waals surface area contributed by atoms with E-state index in [-0.39, 0.29) is 17.8 Å². The Kier molecular flexibility index (Phi) is 5.18. The molecule has 0 saturated carbocycles. The standard InChI is InChI=1S/C19H22N2O5S/c1-12-5-6-14(23-2)16-17(12)27-19(20-16)21(10-13-4-3-7-25-13)18(22)15-11-24-8-9-26-15/h5-6,11,13H,3-4,7-10H2,1-2H3. The molecule has 3 heterocycles. The summed E-state index contributed by atoms with van der Waals surface area (Å²) in [4.78, 5) is 19.5. The van der Waals surface area contributed by atoms with Crippen LogP contribution in [0.2, 0.25) is 0 Å². The van der Waals surface area contributed by atoms with Crippen LogP contribution in [0.5, 0.6) is 5.75 Å². The second-order valence-corrected chi connectivity index (χ2v) is 7.49. The van der Waals surface area contributed by atoms with Crippen LogP contribution in [0.3, 0.4) is 0 Å². The summed E-state index contributed by atoms with van der Waals surface area (Å²) in [5.41, 5.74) is 1.85. The summed E-state index contributed by atoms with van der Waals surface area (Å²) in [6.07, 6.45) is 3.30. The van der Waals surface area contributed by atoms with E-state index in [0.29, 0.717) is 30.6 Å². The van der Waals surface area contributed by atoms with Crippen molar-refractivity contribution in [2.24, 2.45) is 0 Å². The maximum Gasteiger partial charge on any atom is 0.298 e. The molecule has 1 amide bonds. The summed E-state index contributed by atoms with van der Waals surface area (Å²) < 4.78 is 23.0. The van der Waals surface area contributed by atoms with Crippen LogP contribution < -0.4 is 9.64 Å². The first-order valence-corrected chi connectivity index (χ1v) is 9.81. The van der Waals surface area contributed by atoms with Gasteiger partial charge in [0.25, 0.3) is 5.91 Å². The van der Waals surface area contributed by atoms with E-state index in [1.807, 2.05) is 19.1 Å². The van der Waals surface area contributed by atoms with E-state index < -0.39 is 0 Å². The van der Waals surface area contributed by atoms with Crippen molar-refractivity contribution in [2.45, 2.75) is 25.9 Å². The fraction of sp³-hybridized carbons (Fsp3) is 0.474. The van der Waals surface area contributed by atoms with Crippen molar-refractivity contribution in [3.05, 3.63) is 29.7 Å². The summed E-state index contributed by atoms with van der Waals surface area (Å²) in [7, 11) is 1.62. The number of thiazole rings is 1. The highest BCUT2D eigenvalue weighted by molar-refractivity contribution is 7.22. The largest absolute Gasteiger partial charge is 0.494 e. The molecule has 8 heteroatoms. The van der Waals surface area contributed by atoms with Gasteiger partial charge in [0.05, 0.1) is 24.5 Å². The lowest BCUT2D eigenvalue weighted by Crippen LogP contribution is -2.39. The number of hydrogen-bond acceptors (Lipinski definition) is 7. The monoisotopic (exact) mass is 390 g/mol. The first-order valence-electron chi connectivity index (χ1n) is 8.99. The highest BCUT2D eigenvalue weighted by Crippen LogP contribution is 2.37. The fourth-order valence-corrected chi connectivity index (χ4v) is 4.29. The van der Waals surface area contributed by atoms with Gasteiger partial charge < -0.3 is 18.9 Å². The summed E-state index contributed by atoms with van der Waals surface area (Å²) in [6, 6.07) is 3.89. The molecular formula is C19H22N2O5S. The van der Waals surface area contributed by atoms with Crippen molar-refractivity contribution in [3.8, 4) is 5.75 Å². The molecule has 4 rings (SSSR count). The number of aromatic nitrogens is 1. The maximum absolute atomic E-state index is 13.1. The topological polar surface area (TPSA) is 70.1 Å². The number of rotatable bonds is 5. The van der Waals surface area contributed by atoms with Gasteiger partial charge in [0, 0.05) is 6.61 Å². The SMILES string of the molecule is COc1ccc(C)c2sc(N(CC3CCCO3)C(=O)C3=COCCO3)nc12. The molecule has 0 spiro atoms. The lowest BCUT2D eigenvalue weighted by Gasteiger charge is -2.25. The molecule has 2 aliphatic rings. The van der Waals surface area contributed by atoms with E-state index >= 15 is 0 Å². The van der Waals surface area contributed by atoms with Crippen LogP contribution in [-0.2, 0) is 19.0 Å². The predicted octanol–water partition coefficient (Wildman–Crippen LogP) is 3.01. The van der Waals surface area contributed by atoms with Gasteiger partial charge in [-0.2, -0.15) is 0 Å². The van der Waals surface area contributed by atoms with E-state index in [9.17, 15) is 4.79 Å². The van der Waals surface area contributed by atoms with Crippen LogP contribution in [0.4, 0.5) is 5.13 Å². The number of aryl methyl sites for hydroxylation is 1. The van der Waals surface area contributed by atoms with Gasteiger partial charge in [0.1, 0.15) is 30.7 Å². The molecular weight excluding hydrogens is 368 g/mol. The minimum atomic E-state index is -0.263. The van der Waals surface area contributed by atoms with Gasteiger partial charge >= 0.3 is 0 Å². The van der Waals surface area contributed by atoms with Gasteiger partial charge in [0.2, 0.25) is 5.76 Å². The number of ether oxygens (including phenoxy) is 4. The van der Waals surface area contributed by atoms with Crippen molar-refractivity contribution >= 4 is 32.6 Å². The minimum Gasteiger partial charge on any atom is -0.494 e. The predicted molar refractivity (Wildman–Crippen MR) is 102 cm³/mol. The van der Waals surface area contributed by atoms with Crippen LogP contribution in [0.25, 0.3) is 10.2 Å². The first-order chi connectivity index (χ1) is 13.2. The normalized spacial score (nSPS) is 19.3. The number of carbonyl (C=O) groups excluding carboxylic acids is 1. The third-order valence-electron chi connectivity index (χ3n) is 4.66. The zero-order chi connectivity index (χ0) is 18.8. The Hall–Kier alpha value is -2.32. The molecule has 0 aliphatic carbocycles. The number of anilines is 1. The zero-order valence-corrected chi connectivity index (χ0v) is 16.2. The molecule has 1 fully saturated rings. The molecule has 1 aromatic carbocycles. The van der Waals surface area contributed by atoms with Crippen LogP contribution in [-0.4, -0.2) is 50.5 Å². The molecule has 2 aliphatic heterocycles. The van der Waals surface area contributed by atoms with Crippen molar-refractivity contribution in [1.82, 2.24) is 4.98 Å². The zero-order valence-electron chi connectivity index (χ0n) is 15.4. The minimum absolute atomic E-state index is 0.00550. The molecule has 1 atom stereocenters. The average Bonchev–Trinajstić information content (AvgIpc) is 3.37. The van der Waals surface area contributed by atoms with Crippen molar-refractivity contribution in [2.75, 3.05) is 38.4 Å².